The number of aliphatic hydroxyl groups excluding tert-OH is 1. The van der Waals surface area contributed by atoms with Crippen LogP contribution in [0.1, 0.15) is 42.9 Å². The molecule has 0 heterocycles. The van der Waals surface area contributed by atoms with Gasteiger partial charge in [-0.25, -0.2) is 0 Å². The Balaban J connectivity index is 1.71. The Labute approximate surface area is 120 Å². The Hall–Kier alpha value is -1.80. The molecular formula is C18H20O2. The van der Waals surface area contributed by atoms with Crippen molar-refractivity contribution in [2.45, 2.75) is 37.9 Å². The zero-order chi connectivity index (χ0) is 13.9. The molecule has 2 heteroatoms. The maximum absolute atomic E-state index is 10.5. The van der Waals surface area contributed by atoms with Crippen LogP contribution in [0.4, 0.5) is 0 Å². The number of rotatable bonds is 5. The molecule has 2 aromatic rings. The Morgan fingerprint density at radius 1 is 0.950 bits per heavy atom. The molecule has 3 rings (SSSR count). The first-order chi connectivity index (χ1) is 9.74. The van der Waals surface area contributed by atoms with E-state index in [2.05, 4.69) is 19.1 Å². The van der Waals surface area contributed by atoms with Gasteiger partial charge in [-0.05, 0) is 36.1 Å². The fourth-order valence-corrected chi connectivity index (χ4v) is 2.35. The molecule has 0 amide bonds. The summed E-state index contributed by atoms with van der Waals surface area (Å²) >= 11 is 0. The first-order valence-corrected chi connectivity index (χ1v) is 7.23. The van der Waals surface area contributed by atoms with E-state index < -0.39 is 6.10 Å². The van der Waals surface area contributed by atoms with Gasteiger partial charge in [0.15, 0.2) is 0 Å². The molecule has 0 radical (unpaired) electrons. The summed E-state index contributed by atoms with van der Waals surface area (Å²) in [6.45, 7) is 2.05. The molecule has 2 atom stereocenters. The van der Waals surface area contributed by atoms with E-state index in [1.165, 1.54) is 0 Å². The molecule has 1 aliphatic rings. The second-order valence-electron chi connectivity index (χ2n) is 5.53. The second-order valence-corrected chi connectivity index (χ2v) is 5.53. The summed E-state index contributed by atoms with van der Waals surface area (Å²) in [7, 11) is 0. The lowest BCUT2D eigenvalue weighted by atomic mass is 9.91. The van der Waals surface area contributed by atoms with E-state index >= 15 is 0 Å². The zero-order valence-corrected chi connectivity index (χ0v) is 11.7. The summed E-state index contributed by atoms with van der Waals surface area (Å²) in [5, 5.41) is 10.5. The lowest BCUT2D eigenvalue weighted by Crippen LogP contribution is -2.07. The fraction of sp³-hybridized carbons (Fsp3) is 0.333. The molecule has 2 aromatic carbocycles. The number of hydrogen-bond acceptors (Lipinski definition) is 2. The molecule has 0 aliphatic heterocycles. The van der Waals surface area contributed by atoms with E-state index in [1.54, 1.807) is 0 Å². The van der Waals surface area contributed by atoms with E-state index in [0.717, 1.165) is 29.7 Å². The van der Waals surface area contributed by atoms with Crippen LogP contribution in [0.2, 0.25) is 0 Å². The molecule has 0 spiro atoms. The Morgan fingerprint density at radius 2 is 1.60 bits per heavy atom. The van der Waals surface area contributed by atoms with Gasteiger partial charge in [0, 0.05) is 5.92 Å². The van der Waals surface area contributed by atoms with Crippen LogP contribution in [0.25, 0.3) is 0 Å². The smallest absolute Gasteiger partial charge is 0.119 e. The van der Waals surface area contributed by atoms with Gasteiger partial charge in [-0.1, -0.05) is 49.4 Å². The molecule has 0 aromatic heterocycles. The van der Waals surface area contributed by atoms with E-state index in [4.69, 9.17) is 4.74 Å². The largest absolute Gasteiger partial charge is 0.490 e. The molecule has 0 bridgehead atoms. The zero-order valence-electron chi connectivity index (χ0n) is 11.7. The maximum Gasteiger partial charge on any atom is 0.119 e. The molecule has 1 fully saturated rings. The van der Waals surface area contributed by atoms with E-state index in [1.807, 2.05) is 42.5 Å². The predicted octanol–water partition coefficient (Wildman–Crippen LogP) is 4.06. The van der Waals surface area contributed by atoms with Gasteiger partial charge in [-0.15, -0.1) is 0 Å². The first kappa shape index (κ1) is 13.2. The molecule has 1 N–H and O–H groups in total. The highest BCUT2D eigenvalue weighted by Gasteiger charge is 2.23. The summed E-state index contributed by atoms with van der Waals surface area (Å²) < 4.78 is 5.72. The minimum atomic E-state index is -0.493. The van der Waals surface area contributed by atoms with Crippen molar-refractivity contribution in [3.63, 3.8) is 0 Å². The molecule has 104 valence electrons. The molecule has 20 heavy (non-hydrogen) atoms. The fourth-order valence-electron chi connectivity index (χ4n) is 2.35. The van der Waals surface area contributed by atoms with E-state index in [0.29, 0.717) is 6.10 Å². The summed E-state index contributed by atoms with van der Waals surface area (Å²) in [6.07, 6.45) is 2.24. The topological polar surface area (TPSA) is 29.5 Å². The van der Waals surface area contributed by atoms with Crippen LogP contribution >= 0.6 is 0 Å². The summed E-state index contributed by atoms with van der Waals surface area (Å²) in [4.78, 5) is 0. The van der Waals surface area contributed by atoms with Crippen molar-refractivity contribution in [2.75, 3.05) is 0 Å². The van der Waals surface area contributed by atoms with Crippen molar-refractivity contribution in [2.24, 2.45) is 0 Å². The van der Waals surface area contributed by atoms with Crippen molar-refractivity contribution >= 4 is 0 Å². The first-order valence-electron chi connectivity index (χ1n) is 7.23. The Bertz CT molecular complexity index is 543. The summed E-state index contributed by atoms with van der Waals surface area (Å²) in [5.74, 6) is 0.974. The normalized spacial score (nSPS) is 17.5. The third-order valence-corrected chi connectivity index (χ3v) is 3.85. The van der Waals surface area contributed by atoms with E-state index in [9.17, 15) is 5.11 Å². The van der Waals surface area contributed by atoms with Crippen LogP contribution in [0.3, 0.4) is 0 Å². The number of ether oxygens (including phenoxy) is 1. The van der Waals surface area contributed by atoms with Crippen LogP contribution in [0, 0.1) is 0 Å². The highest BCUT2D eigenvalue weighted by atomic mass is 16.5. The van der Waals surface area contributed by atoms with Gasteiger partial charge >= 0.3 is 0 Å². The van der Waals surface area contributed by atoms with Gasteiger partial charge in [0.1, 0.15) is 5.75 Å². The molecule has 1 aliphatic carbocycles. The van der Waals surface area contributed by atoms with Crippen LogP contribution in [-0.4, -0.2) is 11.2 Å². The second kappa shape index (κ2) is 5.68. The predicted molar refractivity (Wildman–Crippen MR) is 79.9 cm³/mol. The molecular weight excluding hydrogens is 248 g/mol. The third-order valence-electron chi connectivity index (χ3n) is 3.85. The lowest BCUT2D eigenvalue weighted by Gasteiger charge is -2.20. The monoisotopic (exact) mass is 268 g/mol. The van der Waals surface area contributed by atoms with Crippen LogP contribution in [0.5, 0.6) is 5.75 Å². The van der Waals surface area contributed by atoms with Gasteiger partial charge in [0.05, 0.1) is 12.2 Å². The van der Waals surface area contributed by atoms with Crippen LogP contribution in [0.15, 0.2) is 54.6 Å². The SMILES string of the molecule is CC(c1ccccc1)C(O)c1ccc(OC2CC2)cc1. The highest BCUT2D eigenvalue weighted by molar-refractivity contribution is 5.31. The minimum absolute atomic E-state index is 0.0754. The average molecular weight is 268 g/mol. The Morgan fingerprint density at radius 3 is 2.20 bits per heavy atom. The van der Waals surface area contributed by atoms with E-state index in [-0.39, 0.29) is 5.92 Å². The van der Waals surface area contributed by atoms with Crippen molar-refractivity contribution in [1.82, 2.24) is 0 Å². The van der Waals surface area contributed by atoms with Crippen molar-refractivity contribution in [3.8, 4) is 5.75 Å². The van der Waals surface area contributed by atoms with Crippen LogP contribution in [-0.2, 0) is 0 Å². The van der Waals surface area contributed by atoms with Gasteiger partial charge in [-0.3, -0.25) is 0 Å². The van der Waals surface area contributed by atoms with Crippen molar-refractivity contribution in [1.29, 1.82) is 0 Å². The number of benzene rings is 2. The molecule has 2 unspecified atom stereocenters. The standard InChI is InChI=1S/C18H20O2/c1-13(14-5-3-2-4-6-14)18(19)15-7-9-16(10-8-15)20-17-11-12-17/h2-10,13,17-19H,11-12H2,1H3. The quantitative estimate of drug-likeness (QED) is 0.886. The van der Waals surface area contributed by atoms with Crippen LogP contribution < -0.4 is 4.74 Å². The summed E-state index contributed by atoms with van der Waals surface area (Å²) in [6, 6.07) is 17.9. The van der Waals surface area contributed by atoms with Crippen molar-refractivity contribution < 1.29 is 9.84 Å². The van der Waals surface area contributed by atoms with Gasteiger partial charge < -0.3 is 9.84 Å². The van der Waals surface area contributed by atoms with Gasteiger partial charge in [0.25, 0.3) is 0 Å². The van der Waals surface area contributed by atoms with Gasteiger partial charge in [0.2, 0.25) is 0 Å². The number of hydrogen-bond donors (Lipinski definition) is 1. The number of aliphatic hydroxyl groups is 1. The molecule has 1 saturated carbocycles. The average Bonchev–Trinajstić information content (AvgIpc) is 3.31. The molecule has 2 nitrogen and oxygen atoms in total. The third kappa shape index (κ3) is 3.02. The lowest BCUT2D eigenvalue weighted by molar-refractivity contribution is 0.151. The highest BCUT2D eigenvalue weighted by Crippen LogP contribution is 2.32. The Kier molecular flexibility index (Phi) is 3.75. The molecule has 0 saturated heterocycles. The van der Waals surface area contributed by atoms with Crippen molar-refractivity contribution in [3.05, 3.63) is 65.7 Å². The summed E-state index contributed by atoms with van der Waals surface area (Å²) in [5.41, 5.74) is 2.09. The minimum Gasteiger partial charge on any atom is -0.490 e. The van der Waals surface area contributed by atoms with Gasteiger partial charge in [-0.2, -0.15) is 0 Å². The maximum atomic E-state index is 10.5.